The van der Waals surface area contributed by atoms with Crippen LogP contribution in [0.2, 0.25) is 0 Å². The molecule has 2 unspecified atom stereocenters. The smallest absolute Gasteiger partial charge is 0.328 e. The maximum atomic E-state index is 14.5. The molecule has 0 aromatic heterocycles. The van der Waals surface area contributed by atoms with Gasteiger partial charge >= 0.3 is 6.03 Å². The van der Waals surface area contributed by atoms with Crippen molar-refractivity contribution in [1.29, 1.82) is 0 Å². The molecule has 3 amide bonds. The van der Waals surface area contributed by atoms with Crippen LogP contribution in [-0.2, 0) is 13.9 Å². The van der Waals surface area contributed by atoms with Crippen molar-refractivity contribution in [3.63, 3.8) is 0 Å². The van der Waals surface area contributed by atoms with Crippen LogP contribution in [-0.4, -0.2) is 39.8 Å². The molecule has 8 nitrogen and oxygen atoms in total. The van der Waals surface area contributed by atoms with Crippen LogP contribution in [0.3, 0.4) is 0 Å². The number of imide groups is 1. The fourth-order valence-electron chi connectivity index (χ4n) is 5.81. The Hall–Kier alpha value is -4.12. The Labute approximate surface area is 237 Å². The maximum Gasteiger partial charge on any atom is 0.328 e. The third-order valence-electron chi connectivity index (χ3n) is 7.95. The fraction of sp³-hybridized carbons (Fsp3) is 0.161. The van der Waals surface area contributed by atoms with Crippen molar-refractivity contribution in [3.05, 3.63) is 97.1 Å². The molecule has 2 atom stereocenters. The first-order chi connectivity index (χ1) is 19.6. The molecule has 3 aliphatic heterocycles. The van der Waals surface area contributed by atoms with Crippen molar-refractivity contribution in [2.24, 2.45) is 0 Å². The van der Waals surface area contributed by atoms with E-state index in [1.54, 1.807) is 62.4 Å². The summed E-state index contributed by atoms with van der Waals surface area (Å²) in [5, 5.41) is 0.937. The summed E-state index contributed by atoms with van der Waals surface area (Å²) in [6.45, 7) is 3.20. The van der Waals surface area contributed by atoms with Gasteiger partial charge in [-0.15, -0.1) is 0 Å². The maximum absolute atomic E-state index is 14.5. The summed E-state index contributed by atoms with van der Waals surface area (Å²) in [7, 11) is -7.43. The zero-order valence-corrected chi connectivity index (χ0v) is 24.2. The normalized spacial score (nSPS) is 23.6. The number of carbonyl (C=O) groups is 2. The van der Waals surface area contributed by atoms with Gasteiger partial charge in [0.1, 0.15) is 29.6 Å². The molecule has 0 N–H and O–H groups in total. The number of amides is 3. The van der Waals surface area contributed by atoms with Gasteiger partial charge in [-0.1, -0.05) is 72.8 Å². The molecule has 0 saturated carbocycles. The number of carbonyl (C=O) groups excluding carboxylic acids is 2. The average Bonchev–Trinajstić information content (AvgIpc) is 3.12. The van der Waals surface area contributed by atoms with E-state index in [1.807, 2.05) is 48.5 Å². The first-order valence-corrected chi connectivity index (χ1v) is 16.8. The van der Waals surface area contributed by atoms with E-state index in [2.05, 4.69) is 0 Å². The van der Waals surface area contributed by atoms with Gasteiger partial charge in [-0.3, -0.25) is 23.7 Å². The van der Waals surface area contributed by atoms with Gasteiger partial charge < -0.3 is 9.05 Å². The van der Waals surface area contributed by atoms with E-state index >= 15 is 0 Å². The minimum atomic E-state index is -3.74. The molecule has 3 heterocycles. The summed E-state index contributed by atoms with van der Waals surface area (Å²) in [5.41, 5.74) is 1.74. The van der Waals surface area contributed by atoms with Crippen LogP contribution in [0, 0.1) is 0 Å². The lowest BCUT2D eigenvalue weighted by molar-refractivity contribution is -0.131. The van der Waals surface area contributed by atoms with Gasteiger partial charge in [0.05, 0.1) is 10.6 Å². The minimum Gasteiger partial charge on any atom is -0.438 e. The highest BCUT2D eigenvalue weighted by molar-refractivity contribution is 7.68. The molecular weight excluding hydrogens is 558 g/mol. The molecule has 0 bridgehead atoms. The number of hydrogen-bond acceptors (Lipinski definition) is 6. The second-order valence-electron chi connectivity index (χ2n) is 10.8. The molecule has 41 heavy (non-hydrogen) atoms. The number of rotatable bonds is 4. The topological polar surface area (TPSA) is 93.2 Å². The Morgan fingerprint density at radius 3 is 1.54 bits per heavy atom. The number of benzene rings is 4. The van der Waals surface area contributed by atoms with Gasteiger partial charge in [0.15, 0.2) is 0 Å². The number of para-hydroxylation sites is 2. The second-order valence-corrected chi connectivity index (χ2v) is 15.4. The van der Waals surface area contributed by atoms with E-state index in [4.69, 9.17) is 9.05 Å². The van der Waals surface area contributed by atoms with Crippen LogP contribution in [0.4, 0.5) is 4.79 Å². The van der Waals surface area contributed by atoms with Crippen molar-refractivity contribution in [2.75, 3.05) is 12.6 Å². The van der Waals surface area contributed by atoms with Gasteiger partial charge in [0.25, 0.3) is 20.6 Å². The Morgan fingerprint density at radius 2 is 1.02 bits per heavy atom. The molecular formula is C31H26N2O6P2. The highest BCUT2D eigenvalue weighted by Gasteiger charge is 2.56. The summed E-state index contributed by atoms with van der Waals surface area (Å²) in [5.74, 6) is 0.340. The molecule has 10 heteroatoms. The summed E-state index contributed by atoms with van der Waals surface area (Å²) in [6.07, 6.45) is -0.766. The van der Waals surface area contributed by atoms with Gasteiger partial charge in [-0.2, -0.15) is 0 Å². The van der Waals surface area contributed by atoms with E-state index in [0.717, 1.165) is 27.2 Å². The number of hydrogen-bond donors (Lipinski definition) is 0. The van der Waals surface area contributed by atoms with Crippen LogP contribution in [0.1, 0.15) is 13.8 Å². The highest BCUT2D eigenvalue weighted by Crippen LogP contribution is 2.58. The predicted octanol–water partition coefficient (Wildman–Crippen LogP) is 6.27. The zero-order valence-electron chi connectivity index (χ0n) is 22.4. The van der Waals surface area contributed by atoms with Crippen molar-refractivity contribution >= 4 is 37.3 Å². The minimum absolute atomic E-state index is 0.322. The average molecular weight is 585 g/mol. The summed E-state index contributed by atoms with van der Waals surface area (Å²) in [6, 6.07) is 28.3. The summed E-state index contributed by atoms with van der Waals surface area (Å²) in [4.78, 5) is 30.0. The monoisotopic (exact) mass is 584 g/mol. The number of nitrogens with zero attached hydrogens (tertiary/aromatic N) is 2. The molecule has 0 spiro atoms. The van der Waals surface area contributed by atoms with E-state index in [1.165, 1.54) is 4.90 Å². The largest absolute Gasteiger partial charge is 0.438 e. The first-order valence-electron chi connectivity index (χ1n) is 13.2. The molecule has 1 fully saturated rings. The van der Waals surface area contributed by atoms with Gasteiger partial charge in [-0.25, -0.2) is 4.79 Å². The van der Waals surface area contributed by atoms with E-state index < -0.39 is 38.5 Å². The summed E-state index contributed by atoms with van der Waals surface area (Å²) >= 11 is 0. The van der Waals surface area contributed by atoms with Crippen LogP contribution in [0.5, 0.6) is 11.5 Å². The Morgan fingerprint density at radius 1 is 0.610 bits per heavy atom. The van der Waals surface area contributed by atoms with Crippen LogP contribution < -0.4 is 19.7 Å². The number of urea groups is 1. The third-order valence-corrected chi connectivity index (χ3v) is 12.5. The van der Waals surface area contributed by atoms with E-state index in [0.29, 0.717) is 22.1 Å². The van der Waals surface area contributed by atoms with Crippen molar-refractivity contribution < 1.29 is 27.8 Å². The molecule has 0 radical (unpaired) electrons. The number of fused-ring (bicyclic) bond motifs is 6. The van der Waals surface area contributed by atoms with Crippen LogP contribution in [0.25, 0.3) is 22.3 Å². The molecule has 0 aliphatic carbocycles. The van der Waals surface area contributed by atoms with E-state index in [-0.39, 0.29) is 6.29 Å². The van der Waals surface area contributed by atoms with Gasteiger partial charge in [0, 0.05) is 11.1 Å². The predicted molar refractivity (Wildman–Crippen MR) is 157 cm³/mol. The SMILES string of the molecule is CC1(C)C(=O)N(CP2(=O)Oc3ccccc3-c3ccccc32)C(=O)N1CP1(=O)Oc2ccccc2-c2ccccc21. The quantitative estimate of drug-likeness (QED) is 0.207. The Bertz CT molecular complexity index is 1870. The van der Waals surface area contributed by atoms with Crippen LogP contribution >= 0.6 is 14.7 Å². The van der Waals surface area contributed by atoms with Crippen molar-refractivity contribution in [2.45, 2.75) is 19.4 Å². The zero-order chi connectivity index (χ0) is 28.6. The Kier molecular flexibility index (Phi) is 5.63. The Balaban J connectivity index is 1.24. The molecule has 4 aromatic carbocycles. The van der Waals surface area contributed by atoms with E-state index in [9.17, 15) is 18.7 Å². The molecule has 206 valence electrons. The van der Waals surface area contributed by atoms with Crippen molar-refractivity contribution in [1.82, 2.24) is 9.80 Å². The van der Waals surface area contributed by atoms with Crippen LogP contribution in [0.15, 0.2) is 97.1 Å². The second kappa shape index (κ2) is 8.94. The van der Waals surface area contributed by atoms with Gasteiger partial charge in [-0.05, 0) is 49.2 Å². The summed E-state index contributed by atoms with van der Waals surface area (Å²) < 4.78 is 41.2. The highest BCUT2D eigenvalue weighted by atomic mass is 31.2. The molecule has 1 saturated heterocycles. The molecule has 4 aromatic rings. The lowest BCUT2D eigenvalue weighted by Crippen LogP contribution is -2.45. The lowest BCUT2D eigenvalue weighted by atomic mass is 10.0. The molecule has 3 aliphatic rings. The van der Waals surface area contributed by atoms with Gasteiger partial charge in [0.2, 0.25) is 0 Å². The lowest BCUT2D eigenvalue weighted by Gasteiger charge is -2.34. The van der Waals surface area contributed by atoms with Crippen molar-refractivity contribution in [3.8, 4) is 33.8 Å². The fourth-order valence-corrected chi connectivity index (χ4v) is 10.6. The molecule has 7 rings (SSSR count). The third kappa shape index (κ3) is 3.82. The standard InChI is InChI=1S/C31H26N2O6P2/c1-31(2)29(34)32(19-40(36)27-17-9-5-13-23(27)21-11-3-7-15-25(21)38-40)30(35)33(31)20-41(37)28-18-10-6-14-24(28)22-12-4-8-16-26(22)39-41/h3-18H,19-20H2,1-2H3. The first kappa shape index (κ1) is 25.8.